The maximum absolute atomic E-state index is 6.38. The molecule has 3 aromatic heterocycles. The summed E-state index contributed by atoms with van der Waals surface area (Å²) in [5, 5.41) is 7.00. The fourth-order valence-electron chi connectivity index (χ4n) is 9.25. The van der Waals surface area contributed by atoms with Gasteiger partial charge >= 0.3 is 126 Å². The van der Waals surface area contributed by atoms with Crippen LogP contribution in [0, 0.1) is 18.1 Å². The summed E-state index contributed by atoms with van der Waals surface area (Å²) in [6.07, 6.45) is 3.27. The number of rotatable bonds is 8. The number of para-hydroxylation sites is 2. The van der Waals surface area contributed by atoms with Gasteiger partial charge in [-0.25, -0.2) is 0 Å². The quantitative estimate of drug-likeness (QED) is 0.0865. The van der Waals surface area contributed by atoms with Crippen LogP contribution < -0.4 is 4.40 Å². The minimum absolute atomic E-state index is 0. The normalized spacial score (nSPS) is 11.8. The summed E-state index contributed by atoms with van der Waals surface area (Å²) in [7, 11) is 0. The molecular weight excluding hydrogens is 1040 g/mol. The number of hydrogen-bond donors (Lipinski definition) is 0. The van der Waals surface area contributed by atoms with E-state index in [-0.39, 0.29) is 20.1 Å². The van der Waals surface area contributed by atoms with Crippen LogP contribution in [-0.2, 0) is 26.5 Å². The van der Waals surface area contributed by atoms with Gasteiger partial charge in [-0.3, -0.25) is 4.98 Å². The Kier molecular flexibility index (Phi) is 12.7. The average Bonchev–Trinajstić information content (AvgIpc) is 3.88. The third-order valence-corrected chi connectivity index (χ3v) is 16.8. The second kappa shape index (κ2) is 18.6. The Morgan fingerprint density at radius 2 is 1.32 bits per heavy atom. The first-order valence-electron chi connectivity index (χ1n) is 22.8. The van der Waals surface area contributed by atoms with E-state index in [2.05, 4.69) is 207 Å². The topological polar surface area (TPSA) is 43.9 Å². The Balaban J connectivity index is 0.000000221. The molecule has 66 heavy (non-hydrogen) atoms. The summed E-state index contributed by atoms with van der Waals surface area (Å²) < 4.78 is 10.2. The Morgan fingerprint density at radius 3 is 2.03 bits per heavy atom. The van der Waals surface area contributed by atoms with E-state index in [0.717, 1.165) is 67.7 Å². The molecule has 0 atom stereocenters. The number of furan rings is 1. The van der Waals surface area contributed by atoms with Crippen LogP contribution in [0.25, 0.3) is 94.0 Å². The van der Waals surface area contributed by atoms with Crippen molar-refractivity contribution < 1.29 is 24.5 Å². The minimum atomic E-state index is -1.86. The summed E-state index contributed by atoms with van der Waals surface area (Å²) in [6.45, 7) is 9.09. The van der Waals surface area contributed by atoms with Crippen LogP contribution in [-0.4, -0.2) is 27.8 Å². The maximum atomic E-state index is 6.38. The van der Waals surface area contributed by atoms with Crippen molar-refractivity contribution in [1.29, 1.82) is 0 Å². The third kappa shape index (κ3) is 8.93. The molecule has 0 aliphatic carbocycles. The van der Waals surface area contributed by atoms with Gasteiger partial charge in [0.2, 0.25) is 0 Å². The second-order valence-corrected chi connectivity index (χ2v) is 29.6. The van der Waals surface area contributed by atoms with Gasteiger partial charge in [0.1, 0.15) is 5.58 Å². The van der Waals surface area contributed by atoms with E-state index in [1.54, 1.807) is 4.40 Å². The number of imidazole rings is 1. The van der Waals surface area contributed by atoms with Crippen LogP contribution in [0.1, 0.15) is 44.7 Å². The van der Waals surface area contributed by atoms with Crippen molar-refractivity contribution in [2.75, 3.05) is 0 Å². The van der Waals surface area contributed by atoms with Crippen molar-refractivity contribution in [3.8, 4) is 39.5 Å². The molecule has 0 aliphatic rings. The Labute approximate surface area is 404 Å². The molecule has 4 nitrogen and oxygen atoms in total. The molecule has 0 saturated heterocycles. The number of benzene rings is 8. The summed E-state index contributed by atoms with van der Waals surface area (Å²) in [5.74, 6) is 9.17. The van der Waals surface area contributed by atoms with Crippen LogP contribution in [0.15, 0.2) is 174 Å². The van der Waals surface area contributed by atoms with E-state index in [4.69, 9.17) is 14.4 Å². The molecule has 329 valence electrons. The molecular formula is C60H53GeIrN3O-2. The molecule has 0 saturated carbocycles. The summed E-state index contributed by atoms with van der Waals surface area (Å²) in [6, 6.07) is 64.6. The maximum Gasteiger partial charge on any atom is 0.121 e. The zero-order chi connectivity index (χ0) is 44.8. The number of aromatic nitrogens is 3. The zero-order valence-corrected chi connectivity index (χ0v) is 43.1. The molecule has 0 bridgehead atoms. The summed E-state index contributed by atoms with van der Waals surface area (Å²) >= 11 is -1.86. The van der Waals surface area contributed by atoms with Crippen LogP contribution in [0.2, 0.25) is 17.3 Å². The molecule has 0 fully saturated rings. The molecule has 6 heteroatoms. The predicted octanol–water partition coefficient (Wildman–Crippen LogP) is 15.8. The second-order valence-electron chi connectivity index (χ2n) is 19.0. The number of pyridine rings is 1. The van der Waals surface area contributed by atoms with Gasteiger partial charge in [-0.1, -0.05) is 92.0 Å². The smallest absolute Gasteiger partial charge is 0.121 e. The predicted molar refractivity (Wildman–Crippen MR) is 277 cm³/mol. The molecule has 0 N–H and O–H groups in total. The van der Waals surface area contributed by atoms with Gasteiger partial charge < -0.3 is 8.98 Å². The molecule has 0 amide bonds. The van der Waals surface area contributed by atoms with Crippen molar-refractivity contribution in [3.63, 3.8) is 0 Å². The Hall–Kier alpha value is -6.11. The third-order valence-electron chi connectivity index (χ3n) is 12.4. The van der Waals surface area contributed by atoms with E-state index in [9.17, 15) is 0 Å². The molecule has 0 spiro atoms. The molecule has 1 radical (unpaired) electrons. The SMILES string of the molecule is CC(C)Cc1cc(-c2[c-]cccc2)nc[c]1[Ge]([CH3])([CH3])[CH3].CC(C)c1cc(-c2ccccc2)ccc1-n1c(-c2[c-]cc3oc4cc5cc6ccccc6cc5cc4c3c2)nc2ccccc21.[Ir]. The van der Waals surface area contributed by atoms with E-state index in [1.165, 1.54) is 43.8 Å². The van der Waals surface area contributed by atoms with E-state index >= 15 is 0 Å². The van der Waals surface area contributed by atoms with Gasteiger partial charge in [0.05, 0.1) is 22.4 Å². The van der Waals surface area contributed by atoms with Crippen molar-refractivity contribution in [2.24, 2.45) is 5.92 Å². The summed E-state index contributed by atoms with van der Waals surface area (Å²) in [4.78, 5) is 9.90. The van der Waals surface area contributed by atoms with E-state index < -0.39 is 13.3 Å². The summed E-state index contributed by atoms with van der Waals surface area (Å²) in [5.41, 5.74) is 13.1. The van der Waals surface area contributed by atoms with E-state index in [0.29, 0.717) is 11.8 Å². The van der Waals surface area contributed by atoms with Gasteiger partial charge in [0.25, 0.3) is 0 Å². The molecule has 0 unspecified atom stereocenters. The average molecular weight is 1100 g/mol. The van der Waals surface area contributed by atoms with Gasteiger partial charge in [0, 0.05) is 31.2 Å². The fraction of sp³-hybridized carbons (Fsp3) is 0.167. The Morgan fingerprint density at radius 1 is 0.621 bits per heavy atom. The van der Waals surface area contributed by atoms with Crippen LogP contribution in [0.4, 0.5) is 0 Å². The molecule has 11 rings (SSSR count). The van der Waals surface area contributed by atoms with Crippen molar-refractivity contribution in [3.05, 3.63) is 193 Å². The largest absolute Gasteiger partial charge is 0.500 e. The first kappa shape index (κ1) is 45.1. The van der Waals surface area contributed by atoms with Crippen molar-refractivity contribution in [1.82, 2.24) is 14.5 Å². The Bertz CT molecular complexity index is 3510. The molecule has 0 aliphatic heterocycles. The molecule has 8 aromatic carbocycles. The van der Waals surface area contributed by atoms with Gasteiger partial charge in [-0.2, -0.15) is 0 Å². The van der Waals surface area contributed by atoms with Gasteiger partial charge in [-0.05, 0) is 92.7 Å². The number of hydrogen-bond acceptors (Lipinski definition) is 3. The number of nitrogens with zero attached hydrogens (tertiary/aromatic N) is 3. The van der Waals surface area contributed by atoms with Crippen LogP contribution in [0.3, 0.4) is 0 Å². The fourth-order valence-corrected chi connectivity index (χ4v) is 12.6. The minimum Gasteiger partial charge on any atom is -0.500 e. The first-order valence-corrected chi connectivity index (χ1v) is 30.2. The standard InChI is InChI=1S/C42H29N2O.C18H24GeN.Ir/c1-26(2)34-22-30(27-10-4-3-5-11-27)16-18-38(34)44-39-15-9-8-14-37(39)43-42(44)31-17-19-40-35(23-31)36-24-32-20-28-12-6-7-13-29(28)21-33(32)25-41(36)45-40;1-14(2)11-16-12-18(15-9-7-6-8-10-15)20-13-17(16)19(3,4)5;/h3-16,18-26H,1-2H3;6-9,12-14H,11H2,1-5H3;/q2*-1;. The zero-order valence-electron chi connectivity index (χ0n) is 38.6. The molecule has 11 aromatic rings. The number of fused-ring (bicyclic) bond motifs is 6. The molecule has 3 heterocycles. The first-order chi connectivity index (χ1) is 31.5. The monoisotopic (exact) mass is 1100 g/mol. The van der Waals surface area contributed by atoms with Gasteiger partial charge in [0.15, 0.2) is 0 Å². The van der Waals surface area contributed by atoms with Crippen LogP contribution in [0.5, 0.6) is 0 Å². The van der Waals surface area contributed by atoms with E-state index in [1.807, 2.05) is 24.3 Å². The van der Waals surface area contributed by atoms with Crippen molar-refractivity contribution >= 4 is 72.2 Å². The van der Waals surface area contributed by atoms with Crippen LogP contribution >= 0.6 is 0 Å². The van der Waals surface area contributed by atoms with Crippen molar-refractivity contribution in [2.45, 2.75) is 57.3 Å². The van der Waals surface area contributed by atoms with Gasteiger partial charge in [-0.15, -0.1) is 23.8 Å².